The van der Waals surface area contributed by atoms with Crippen molar-refractivity contribution in [3.05, 3.63) is 29.8 Å². The topological polar surface area (TPSA) is 190 Å². The minimum absolute atomic E-state index is 0.0680. The lowest BCUT2D eigenvalue weighted by molar-refractivity contribution is -0.255. The molecule has 1 saturated heterocycles. The second kappa shape index (κ2) is 18.9. The Kier molecular flexibility index (Phi) is 15.7. The SMILES string of the molecule is COOC(=O)CCOCCNC(=S)Nc1ccc(CC2CN(CC(=O)O)CCN(CC(=O)O)CCN2CC(=O)O)cc1. The zero-order valence-electron chi connectivity index (χ0n) is 23.5. The summed E-state index contributed by atoms with van der Waals surface area (Å²) in [5, 5.41) is 34.7. The van der Waals surface area contributed by atoms with Crippen LogP contribution >= 0.6 is 12.2 Å². The first-order valence-corrected chi connectivity index (χ1v) is 13.8. The summed E-state index contributed by atoms with van der Waals surface area (Å²) in [5.41, 5.74) is 1.64. The molecule has 5 N–H and O–H groups in total. The highest BCUT2D eigenvalue weighted by atomic mass is 32.1. The van der Waals surface area contributed by atoms with Gasteiger partial charge in [-0.1, -0.05) is 12.1 Å². The van der Waals surface area contributed by atoms with Gasteiger partial charge < -0.3 is 30.7 Å². The molecule has 1 aliphatic rings. The smallest absolute Gasteiger partial charge is 0.344 e. The zero-order chi connectivity index (χ0) is 30.9. The second-order valence-corrected chi connectivity index (χ2v) is 9.99. The third-order valence-electron chi connectivity index (χ3n) is 6.32. The lowest BCUT2D eigenvalue weighted by atomic mass is 10.0. The number of carbonyl (C=O) groups excluding carboxylic acids is 1. The Morgan fingerprint density at radius 2 is 1.52 bits per heavy atom. The normalized spacial score (nSPS) is 16.9. The van der Waals surface area contributed by atoms with Gasteiger partial charge in [-0.05, 0) is 36.3 Å². The van der Waals surface area contributed by atoms with Crippen LogP contribution in [-0.4, -0.2) is 144 Å². The van der Waals surface area contributed by atoms with Crippen LogP contribution in [0.3, 0.4) is 0 Å². The standard InChI is InChI=1S/C26H39N5O10S/c1-39-41-25(38)6-12-40-13-7-27-26(42)28-20-4-2-19(3-5-20)14-21-15-30(17-23(34)35)9-8-29(16-22(32)33)10-11-31(21)18-24(36)37/h2-5,21H,6-18H2,1H3,(H,32,33)(H,34,35)(H,36,37)(H2,27,28,42). The van der Waals surface area contributed by atoms with Crippen molar-refractivity contribution in [1.29, 1.82) is 0 Å². The van der Waals surface area contributed by atoms with Gasteiger partial charge in [-0.15, -0.1) is 0 Å². The van der Waals surface area contributed by atoms with E-state index in [1.54, 1.807) is 14.7 Å². The Morgan fingerprint density at radius 3 is 2.17 bits per heavy atom. The van der Waals surface area contributed by atoms with Crippen LogP contribution in [0.2, 0.25) is 0 Å². The molecule has 0 bridgehead atoms. The predicted molar refractivity (Wildman–Crippen MR) is 154 cm³/mol. The van der Waals surface area contributed by atoms with Crippen molar-refractivity contribution in [2.75, 3.05) is 84.5 Å². The Hall–Kier alpha value is -3.41. The summed E-state index contributed by atoms with van der Waals surface area (Å²) in [5.74, 6) is -3.56. The van der Waals surface area contributed by atoms with Crippen LogP contribution < -0.4 is 10.6 Å². The van der Waals surface area contributed by atoms with E-state index in [-0.39, 0.29) is 38.7 Å². The van der Waals surface area contributed by atoms with Gasteiger partial charge in [-0.25, -0.2) is 4.79 Å². The van der Waals surface area contributed by atoms with E-state index in [0.29, 0.717) is 57.4 Å². The number of hydrogen-bond donors (Lipinski definition) is 5. The Bertz CT molecular complexity index is 1040. The maximum atomic E-state index is 11.7. The molecule has 0 amide bonds. The van der Waals surface area contributed by atoms with Crippen LogP contribution in [0.15, 0.2) is 24.3 Å². The lowest BCUT2D eigenvalue weighted by Crippen LogP contribution is -2.49. The van der Waals surface area contributed by atoms with Gasteiger partial charge in [0, 0.05) is 51.0 Å². The number of ether oxygens (including phenoxy) is 1. The first-order chi connectivity index (χ1) is 20.0. The van der Waals surface area contributed by atoms with Gasteiger partial charge in [0.15, 0.2) is 5.11 Å². The molecule has 0 radical (unpaired) electrons. The molecule has 0 aliphatic carbocycles. The lowest BCUT2D eigenvalue weighted by Gasteiger charge is -2.33. The molecule has 1 aliphatic heterocycles. The summed E-state index contributed by atoms with van der Waals surface area (Å²) < 4.78 is 5.34. The fourth-order valence-corrected chi connectivity index (χ4v) is 4.63. The first-order valence-electron chi connectivity index (χ1n) is 13.3. The van der Waals surface area contributed by atoms with Gasteiger partial charge in [0.2, 0.25) is 0 Å². The number of nitrogens with one attached hydrogen (secondary N) is 2. The third-order valence-corrected chi connectivity index (χ3v) is 6.57. The molecule has 234 valence electrons. The van der Waals surface area contributed by atoms with Gasteiger partial charge in [0.05, 0.1) is 46.4 Å². The molecule has 0 aromatic heterocycles. The number of carboxylic acids is 3. The highest BCUT2D eigenvalue weighted by Crippen LogP contribution is 2.16. The molecule has 1 fully saturated rings. The minimum Gasteiger partial charge on any atom is -0.480 e. The van der Waals surface area contributed by atoms with E-state index in [2.05, 4.69) is 20.4 Å². The number of nitrogens with zero attached hydrogens (tertiary/aromatic N) is 3. The van der Waals surface area contributed by atoms with E-state index in [0.717, 1.165) is 11.3 Å². The third kappa shape index (κ3) is 14.5. The van der Waals surface area contributed by atoms with E-state index >= 15 is 0 Å². The molecule has 0 saturated carbocycles. The molecule has 16 heteroatoms. The van der Waals surface area contributed by atoms with Gasteiger partial charge >= 0.3 is 23.9 Å². The average molecular weight is 614 g/mol. The number of aliphatic carboxylic acids is 3. The van der Waals surface area contributed by atoms with Crippen molar-refractivity contribution in [3.8, 4) is 0 Å². The number of hydrogen-bond acceptors (Lipinski definition) is 11. The summed E-state index contributed by atoms with van der Waals surface area (Å²) in [4.78, 5) is 59.5. The summed E-state index contributed by atoms with van der Waals surface area (Å²) in [7, 11) is 1.25. The molecule has 1 unspecified atom stereocenters. The van der Waals surface area contributed by atoms with E-state index < -0.39 is 23.9 Å². The molecular weight excluding hydrogens is 574 g/mol. The molecule has 0 spiro atoms. The molecule has 15 nitrogen and oxygen atoms in total. The van der Waals surface area contributed by atoms with Crippen molar-refractivity contribution < 1.29 is 49.0 Å². The first kappa shape index (κ1) is 34.8. The Morgan fingerprint density at radius 1 is 0.905 bits per heavy atom. The monoisotopic (exact) mass is 613 g/mol. The highest BCUT2D eigenvalue weighted by molar-refractivity contribution is 7.80. The number of anilines is 1. The number of carboxylic acid groups (broad SMARTS) is 3. The van der Waals surface area contributed by atoms with Crippen LogP contribution in [0.4, 0.5) is 5.69 Å². The van der Waals surface area contributed by atoms with Crippen molar-refractivity contribution >= 4 is 46.9 Å². The van der Waals surface area contributed by atoms with Gasteiger partial charge in [-0.2, -0.15) is 4.89 Å². The van der Waals surface area contributed by atoms with Crippen LogP contribution in [0.1, 0.15) is 12.0 Å². The van der Waals surface area contributed by atoms with Crippen LogP contribution in [-0.2, 0) is 40.1 Å². The molecule has 1 atom stereocenters. The van der Waals surface area contributed by atoms with Gasteiger partial charge in [0.1, 0.15) is 0 Å². The van der Waals surface area contributed by atoms with E-state index in [4.69, 9.17) is 17.0 Å². The Balaban J connectivity index is 1.98. The number of carbonyl (C=O) groups is 4. The predicted octanol–water partition coefficient (Wildman–Crippen LogP) is -0.431. The summed E-state index contributed by atoms with van der Waals surface area (Å²) in [6, 6.07) is 7.12. The summed E-state index contributed by atoms with van der Waals surface area (Å²) in [6.07, 6.45) is 0.527. The summed E-state index contributed by atoms with van der Waals surface area (Å²) >= 11 is 5.31. The molecule has 1 aromatic rings. The Labute approximate surface area is 249 Å². The van der Waals surface area contributed by atoms with E-state index in [1.165, 1.54) is 7.11 Å². The quantitative estimate of drug-likeness (QED) is 0.0698. The number of rotatable bonds is 16. The fourth-order valence-electron chi connectivity index (χ4n) is 4.41. The van der Waals surface area contributed by atoms with Crippen molar-refractivity contribution in [3.63, 3.8) is 0 Å². The maximum absolute atomic E-state index is 11.7. The maximum Gasteiger partial charge on any atom is 0.344 e. The van der Waals surface area contributed by atoms with Crippen molar-refractivity contribution in [1.82, 2.24) is 20.0 Å². The zero-order valence-corrected chi connectivity index (χ0v) is 24.3. The van der Waals surface area contributed by atoms with Gasteiger partial charge in [-0.3, -0.25) is 34.0 Å². The van der Waals surface area contributed by atoms with Crippen LogP contribution in [0, 0.1) is 0 Å². The minimum atomic E-state index is -1.02. The van der Waals surface area contributed by atoms with E-state index in [9.17, 15) is 34.5 Å². The molecular formula is C26H39N5O10S. The summed E-state index contributed by atoms with van der Waals surface area (Å²) in [6.45, 7) is 1.90. The molecule has 2 rings (SSSR count). The number of benzene rings is 1. The van der Waals surface area contributed by atoms with Crippen molar-refractivity contribution in [2.45, 2.75) is 18.9 Å². The van der Waals surface area contributed by atoms with Crippen LogP contribution in [0.25, 0.3) is 0 Å². The van der Waals surface area contributed by atoms with E-state index in [1.807, 2.05) is 24.3 Å². The highest BCUT2D eigenvalue weighted by Gasteiger charge is 2.28. The molecule has 1 aromatic carbocycles. The number of thiocarbonyl (C=S) groups is 1. The average Bonchev–Trinajstić information content (AvgIpc) is 2.97. The van der Waals surface area contributed by atoms with Gasteiger partial charge in [0.25, 0.3) is 0 Å². The van der Waals surface area contributed by atoms with Crippen molar-refractivity contribution in [2.24, 2.45) is 0 Å². The fraction of sp³-hybridized carbons (Fsp3) is 0.577. The van der Waals surface area contributed by atoms with Crippen LogP contribution in [0.5, 0.6) is 0 Å². The second-order valence-electron chi connectivity index (χ2n) is 9.58. The molecule has 42 heavy (non-hydrogen) atoms. The largest absolute Gasteiger partial charge is 0.480 e. The molecule has 1 heterocycles.